The van der Waals surface area contributed by atoms with Crippen LogP contribution >= 0.6 is 0 Å². The number of carbonyl (C=O) groups is 2. The minimum atomic E-state index is -4.91. The van der Waals surface area contributed by atoms with Gasteiger partial charge in [-0.2, -0.15) is 13.2 Å². The maximum Gasteiger partial charge on any atom is 0.508 e. The number of carbonyl (C=O) groups excluding carboxylic acids is 2. The lowest BCUT2D eigenvalue weighted by molar-refractivity contribution is -0.0437. The zero-order chi connectivity index (χ0) is 22.8. The third-order valence-electron chi connectivity index (χ3n) is 5.24. The van der Waals surface area contributed by atoms with E-state index in [0.717, 1.165) is 24.0 Å². The van der Waals surface area contributed by atoms with Crippen LogP contribution in [0.5, 0.6) is 11.5 Å². The lowest BCUT2D eigenvalue weighted by atomic mass is 9.84. The Morgan fingerprint density at radius 3 is 2.39 bits per heavy atom. The number of phenols is 1. The summed E-state index contributed by atoms with van der Waals surface area (Å²) < 4.78 is 51.2. The molecule has 0 aromatic heterocycles. The second-order valence-electron chi connectivity index (χ2n) is 7.50. The number of ketones is 2. The molecule has 9 heteroatoms. The fourth-order valence-corrected chi connectivity index (χ4v) is 3.98. The largest absolute Gasteiger partial charge is 0.508 e. The minimum absolute atomic E-state index is 0.0280. The van der Waals surface area contributed by atoms with Crippen LogP contribution in [0.25, 0.3) is 0 Å². The first kappa shape index (κ1) is 23.0. The van der Waals surface area contributed by atoms with Gasteiger partial charge in [0.2, 0.25) is 0 Å². The van der Waals surface area contributed by atoms with E-state index in [9.17, 15) is 32.1 Å². The molecule has 31 heavy (non-hydrogen) atoms. The van der Waals surface area contributed by atoms with Crippen LogP contribution in [0.1, 0.15) is 58.0 Å². The standard InChI is InChI=1S/C11H9F3O3S.C11H12O2/c12-11(13,14)18(16)17-8-4-5-9-7(6-8)2-1-3-10(9)15;1-7-2-3-8-6-9(12)4-5-10(8)11(7)13/h4-6H,1-3H2;4-7,12H,2-3H2,1H3. The van der Waals surface area contributed by atoms with Crippen molar-refractivity contribution in [1.82, 2.24) is 0 Å². The van der Waals surface area contributed by atoms with E-state index in [1.807, 2.05) is 6.92 Å². The summed E-state index contributed by atoms with van der Waals surface area (Å²) in [6.45, 7) is 1.96. The molecule has 2 unspecified atom stereocenters. The Morgan fingerprint density at radius 2 is 1.68 bits per heavy atom. The Morgan fingerprint density at radius 1 is 1.00 bits per heavy atom. The van der Waals surface area contributed by atoms with E-state index in [-0.39, 0.29) is 29.0 Å². The Labute approximate surface area is 179 Å². The maximum absolute atomic E-state index is 12.1. The highest BCUT2D eigenvalue weighted by Gasteiger charge is 2.40. The highest BCUT2D eigenvalue weighted by molar-refractivity contribution is 7.81. The van der Waals surface area contributed by atoms with Crippen molar-refractivity contribution in [3.63, 3.8) is 0 Å². The van der Waals surface area contributed by atoms with E-state index in [1.54, 1.807) is 18.2 Å². The lowest BCUT2D eigenvalue weighted by Gasteiger charge is -2.19. The van der Waals surface area contributed by atoms with Crippen molar-refractivity contribution >= 4 is 22.6 Å². The van der Waals surface area contributed by atoms with E-state index in [4.69, 9.17) is 0 Å². The number of aromatic hydroxyl groups is 1. The highest BCUT2D eigenvalue weighted by Crippen LogP contribution is 2.29. The maximum atomic E-state index is 12.1. The van der Waals surface area contributed by atoms with Crippen molar-refractivity contribution in [2.24, 2.45) is 5.92 Å². The van der Waals surface area contributed by atoms with Crippen LogP contribution < -0.4 is 4.18 Å². The predicted molar refractivity (Wildman–Crippen MR) is 108 cm³/mol. The molecule has 2 aliphatic rings. The van der Waals surface area contributed by atoms with Gasteiger partial charge in [0.25, 0.3) is 0 Å². The summed E-state index contributed by atoms with van der Waals surface area (Å²) in [6.07, 6.45) is 3.52. The summed E-state index contributed by atoms with van der Waals surface area (Å²) in [5, 5.41) is 9.23. The molecule has 2 aromatic rings. The zero-order valence-corrected chi connectivity index (χ0v) is 17.5. The summed E-state index contributed by atoms with van der Waals surface area (Å²) in [4.78, 5) is 23.1. The number of rotatable bonds is 2. The molecule has 5 nitrogen and oxygen atoms in total. The van der Waals surface area contributed by atoms with Crippen molar-refractivity contribution in [2.45, 2.75) is 44.5 Å². The highest BCUT2D eigenvalue weighted by atomic mass is 32.2. The number of benzene rings is 2. The van der Waals surface area contributed by atoms with Crippen molar-refractivity contribution in [2.75, 3.05) is 0 Å². The van der Waals surface area contributed by atoms with E-state index < -0.39 is 16.6 Å². The number of Topliss-reactive ketones (excluding diaryl/α,β-unsaturated/α-hetero) is 2. The third kappa shape index (κ3) is 5.52. The van der Waals surface area contributed by atoms with Crippen molar-refractivity contribution < 1.29 is 36.3 Å². The molecule has 0 aliphatic heterocycles. The molecule has 2 aromatic carbocycles. The van der Waals surface area contributed by atoms with Crippen LogP contribution in [0, 0.1) is 5.92 Å². The van der Waals surface area contributed by atoms with Crippen LogP contribution in [0.4, 0.5) is 13.2 Å². The normalized spacial score (nSPS) is 18.9. The molecule has 0 heterocycles. The average Bonchev–Trinajstić information content (AvgIpc) is 2.71. The summed E-state index contributed by atoms with van der Waals surface area (Å²) in [7, 11) is 0. The van der Waals surface area contributed by atoms with Gasteiger partial charge in [0.15, 0.2) is 11.6 Å². The minimum Gasteiger partial charge on any atom is -0.508 e. The van der Waals surface area contributed by atoms with Crippen LogP contribution in [-0.4, -0.2) is 26.4 Å². The fourth-order valence-electron chi connectivity index (χ4n) is 3.61. The molecular formula is C22H21F3O5S. The number of phenolic OH excluding ortho intramolecular Hbond substituents is 1. The van der Waals surface area contributed by atoms with Crippen LogP contribution in [0.3, 0.4) is 0 Å². The third-order valence-corrected chi connectivity index (χ3v) is 5.96. The SMILES string of the molecule is CC1CCc2cc(O)ccc2C1=O.O=C1CCCc2cc(OS(=O)C(F)(F)F)ccc21. The smallest absolute Gasteiger partial charge is 0.508 e. The van der Waals surface area contributed by atoms with Gasteiger partial charge in [0.05, 0.1) is 0 Å². The van der Waals surface area contributed by atoms with Crippen molar-refractivity contribution in [3.8, 4) is 11.5 Å². The van der Waals surface area contributed by atoms with Gasteiger partial charge in [0.1, 0.15) is 11.5 Å². The van der Waals surface area contributed by atoms with Gasteiger partial charge in [-0.15, -0.1) is 0 Å². The Hall–Kier alpha value is -2.68. The van der Waals surface area contributed by atoms with Gasteiger partial charge in [0, 0.05) is 23.5 Å². The molecule has 0 saturated carbocycles. The van der Waals surface area contributed by atoms with Crippen LogP contribution in [-0.2, 0) is 23.9 Å². The van der Waals surface area contributed by atoms with E-state index in [2.05, 4.69) is 4.18 Å². The van der Waals surface area contributed by atoms with Gasteiger partial charge in [-0.25, -0.2) is 4.21 Å². The van der Waals surface area contributed by atoms with Crippen LogP contribution in [0.2, 0.25) is 0 Å². The fraction of sp³-hybridized carbons (Fsp3) is 0.364. The molecule has 4 rings (SSSR count). The molecule has 166 valence electrons. The zero-order valence-electron chi connectivity index (χ0n) is 16.7. The van der Waals surface area contributed by atoms with Gasteiger partial charge in [-0.05, 0) is 73.2 Å². The van der Waals surface area contributed by atoms with E-state index in [1.165, 1.54) is 18.2 Å². The Kier molecular flexibility index (Phi) is 6.83. The lowest BCUT2D eigenvalue weighted by Crippen LogP contribution is -2.21. The Balaban J connectivity index is 0.000000185. The second kappa shape index (κ2) is 9.21. The summed E-state index contributed by atoms with van der Waals surface area (Å²) in [6, 6.07) is 8.98. The van der Waals surface area contributed by atoms with Crippen LogP contribution in [0.15, 0.2) is 36.4 Å². The Bertz CT molecular complexity index is 1030. The molecular weight excluding hydrogens is 433 g/mol. The first-order chi connectivity index (χ1) is 14.6. The quantitative estimate of drug-likeness (QED) is 0.696. The second-order valence-corrected chi connectivity index (χ2v) is 8.60. The number of aryl methyl sites for hydroxylation is 2. The molecule has 1 N–H and O–H groups in total. The molecule has 0 bridgehead atoms. The predicted octanol–water partition coefficient (Wildman–Crippen LogP) is 4.93. The van der Waals surface area contributed by atoms with Crippen molar-refractivity contribution in [3.05, 3.63) is 58.7 Å². The first-order valence-corrected chi connectivity index (χ1v) is 10.8. The number of hydrogen-bond acceptors (Lipinski definition) is 5. The van der Waals surface area contributed by atoms with Gasteiger partial charge >= 0.3 is 16.6 Å². The average molecular weight is 454 g/mol. The van der Waals surface area contributed by atoms with E-state index >= 15 is 0 Å². The first-order valence-electron chi connectivity index (χ1n) is 9.75. The molecule has 0 saturated heterocycles. The number of alkyl halides is 3. The summed E-state index contributed by atoms with van der Waals surface area (Å²) in [5.74, 6) is 0.429. The molecule has 0 amide bonds. The molecule has 2 atom stereocenters. The number of fused-ring (bicyclic) bond motifs is 2. The topological polar surface area (TPSA) is 80.7 Å². The summed E-state index contributed by atoms with van der Waals surface area (Å²) in [5.41, 5.74) is -1.99. The molecule has 0 fully saturated rings. The van der Waals surface area contributed by atoms with E-state index in [0.29, 0.717) is 30.4 Å². The monoisotopic (exact) mass is 454 g/mol. The molecule has 0 radical (unpaired) electrons. The number of hydrogen-bond donors (Lipinski definition) is 1. The molecule has 0 spiro atoms. The summed E-state index contributed by atoms with van der Waals surface area (Å²) >= 11 is -3.38. The van der Waals surface area contributed by atoms with Gasteiger partial charge in [-0.1, -0.05) is 6.92 Å². The van der Waals surface area contributed by atoms with Gasteiger partial charge < -0.3 is 9.29 Å². The van der Waals surface area contributed by atoms with Crippen molar-refractivity contribution in [1.29, 1.82) is 0 Å². The number of halogens is 3. The van der Waals surface area contributed by atoms with Gasteiger partial charge in [-0.3, -0.25) is 9.59 Å². The molecule has 2 aliphatic carbocycles.